The summed E-state index contributed by atoms with van der Waals surface area (Å²) in [7, 11) is -10.1. The van der Waals surface area contributed by atoms with E-state index in [1.54, 1.807) is 0 Å². The van der Waals surface area contributed by atoms with E-state index in [4.69, 9.17) is 35.0 Å². The maximum Gasteiger partial charge on any atom is 3.00 e. The van der Waals surface area contributed by atoms with Crippen LogP contribution in [0.25, 0.3) is 0 Å². The van der Waals surface area contributed by atoms with E-state index in [0.717, 1.165) is 0 Å². The Balaban J connectivity index is -0.0000000491. The summed E-state index contributed by atoms with van der Waals surface area (Å²) in [5, 5.41) is 0. The van der Waals surface area contributed by atoms with E-state index in [1.807, 2.05) is 0 Å². The molecule has 0 aliphatic heterocycles. The molecule has 0 saturated heterocycles. The van der Waals surface area contributed by atoms with Gasteiger partial charge in [0.15, 0.2) is 0 Å². The number of rotatable bonds is 0. The maximum atomic E-state index is 8.63. The smallest absolute Gasteiger partial charge is 0.759 e. The van der Waals surface area contributed by atoms with Crippen molar-refractivity contribution in [2.45, 2.75) is 0 Å². The Labute approximate surface area is 85.2 Å². The summed E-state index contributed by atoms with van der Waals surface area (Å²) in [6.07, 6.45) is 0. The predicted octanol–water partition coefficient (Wildman–Crippen LogP) is -3.90. The van der Waals surface area contributed by atoms with Gasteiger partial charge in [-0.2, -0.15) is 0 Å². The van der Waals surface area contributed by atoms with Crippen molar-refractivity contribution in [3.05, 3.63) is 0 Å². The molecule has 0 amide bonds. The van der Waals surface area contributed by atoms with E-state index < -0.39 is 20.8 Å². The van der Waals surface area contributed by atoms with Crippen molar-refractivity contribution in [1.82, 2.24) is 0 Å². The van der Waals surface area contributed by atoms with Crippen molar-refractivity contribution in [2.75, 3.05) is 0 Å². The molecule has 0 aromatic carbocycles. The fourth-order valence-electron chi connectivity index (χ4n) is 0. The quantitative estimate of drug-likeness (QED) is 0.125. The molecule has 13 heavy (non-hydrogen) atoms. The van der Waals surface area contributed by atoms with Crippen LogP contribution in [0, 0.1) is 0 Å². The molecule has 0 fully saturated rings. The average Bonchev–Trinajstić information content (AvgIpc) is 1.59. The third kappa shape index (κ3) is 34200. The minimum absolute atomic E-state index is 0. The Morgan fingerprint density at radius 1 is 0.923 bits per heavy atom. The van der Waals surface area contributed by atoms with Crippen LogP contribution < -0.4 is 11.7 Å². The summed E-state index contributed by atoms with van der Waals surface area (Å²) in [5.41, 5.74) is 0. The van der Waals surface area contributed by atoms with Gasteiger partial charge in [-0.05, 0) is 0 Å². The molecule has 0 atom stereocenters. The minimum Gasteiger partial charge on any atom is -0.759 e. The summed E-state index contributed by atoms with van der Waals surface area (Å²) >= 11 is 0. The molecule has 0 saturated carbocycles. The first-order chi connectivity index (χ1) is 5.00. The van der Waals surface area contributed by atoms with Gasteiger partial charge in [0, 0.05) is 10.4 Å². The normalized spacial score (nSPS) is 9.38. The molecule has 0 aliphatic carbocycles. The van der Waals surface area contributed by atoms with E-state index >= 15 is 0 Å². The van der Waals surface area contributed by atoms with Gasteiger partial charge in [-0.25, -0.2) is 8.42 Å². The van der Waals surface area contributed by atoms with Crippen LogP contribution >= 0.6 is 0 Å². The second-order valence-electron chi connectivity index (χ2n) is 0.836. The van der Waals surface area contributed by atoms with E-state index in [-0.39, 0.29) is 17.4 Å². The molecule has 0 heterocycles. The van der Waals surface area contributed by atoms with E-state index in [2.05, 4.69) is 11.7 Å². The monoisotopic (exact) mass is 252 g/mol. The van der Waals surface area contributed by atoms with Crippen LogP contribution in [-0.4, -0.2) is 52.4 Å². The summed E-state index contributed by atoms with van der Waals surface area (Å²) < 4.78 is 66.9. The van der Waals surface area contributed by atoms with E-state index in [1.165, 1.54) is 0 Å². The van der Waals surface area contributed by atoms with E-state index in [9.17, 15) is 0 Å². The molecule has 13 heteroatoms. The Morgan fingerprint density at radius 3 is 0.923 bits per heavy atom. The Kier molecular flexibility index (Phi) is 18.3. The first kappa shape index (κ1) is 23.2. The summed E-state index contributed by atoms with van der Waals surface area (Å²) in [6.45, 7) is 0. The molecule has 5 N–H and O–H groups in total. The number of nitrogens with two attached hydrogens (primary N) is 2. The zero-order chi connectivity index (χ0) is 11.0. The van der Waals surface area contributed by atoms with Gasteiger partial charge in [0.2, 0.25) is 10.4 Å². The van der Waals surface area contributed by atoms with Crippen LogP contribution in [-0.2, 0) is 20.8 Å². The second kappa shape index (κ2) is 10.3. The zero-order valence-electron chi connectivity index (χ0n) is 5.85. The van der Waals surface area contributed by atoms with Gasteiger partial charge in [0.1, 0.15) is 0 Å². The maximum absolute atomic E-state index is 8.63. The topological polar surface area (TPSA) is 210 Å². The molecule has 0 rings (SSSR count). The molecule has 0 unspecified atom stereocenters. The standard InChI is InChI=1S/Al.H4N2.2H2O4S/c;1-2;2*1-5(2,3)4/h;1-2H2;2*(H2,1,2,3,4)/q+3;;;/p-3. The average molecular weight is 252 g/mol. The number of hydrogen-bond donors (Lipinski definition) is 3. The molecule has 10 nitrogen and oxygen atoms in total. The largest absolute Gasteiger partial charge is 3.00 e. The molecule has 0 aromatic heterocycles. The van der Waals surface area contributed by atoms with Crippen molar-refractivity contribution in [3.63, 3.8) is 0 Å². The SMILES string of the molecule is NN.O=S(=O)([O-])O.O=S(=O)([O-])[O-].[Al+3]. The Morgan fingerprint density at radius 2 is 0.923 bits per heavy atom. The third-order valence-corrected chi connectivity index (χ3v) is 0. The van der Waals surface area contributed by atoms with Gasteiger partial charge < -0.3 is 13.7 Å². The van der Waals surface area contributed by atoms with Gasteiger partial charge in [-0.1, -0.05) is 0 Å². The van der Waals surface area contributed by atoms with Gasteiger partial charge >= 0.3 is 17.4 Å². The van der Waals surface area contributed by atoms with Gasteiger partial charge in [-0.3, -0.25) is 24.7 Å². The zero-order valence-corrected chi connectivity index (χ0v) is 8.64. The third-order valence-electron chi connectivity index (χ3n) is 0. The fourth-order valence-corrected chi connectivity index (χ4v) is 0. The van der Waals surface area contributed by atoms with Crippen LogP contribution in [0.5, 0.6) is 0 Å². The molecule has 0 spiro atoms. The van der Waals surface area contributed by atoms with Gasteiger partial charge in [0.05, 0.1) is 0 Å². The number of hydrogen-bond acceptors (Lipinski definition) is 9. The molecule has 0 radical (unpaired) electrons. The van der Waals surface area contributed by atoms with Crippen molar-refractivity contribution >= 4 is 38.2 Å². The second-order valence-corrected chi connectivity index (χ2v) is 2.51. The van der Waals surface area contributed by atoms with Crippen molar-refractivity contribution in [1.29, 1.82) is 0 Å². The van der Waals surface area contributed by atoms with Crippen LogP contribution in [0.15, 0.2) is 0 Å². The molecular weight excluding hydrogens is 247 g/mol. The summed E-state index contributed by atoms with van der Waals surface area (Å²) in [4.78, 5) is 0. The first-order valence-corrected chi connectivity index (χ1v) is 4.38. The Bertz CT molecular complexity index is 217. The molecule has 78 valence electrons. The number of hydrazine groups is 1. The van der Waals surface area contributed by atoms with Crippen molar-refractivity contribution in [3.8, 4) is 0 Å². The molecule has 0 bridgehead atoms. The van der Waals surface area contributed by atoms with Crippen LogP contribution in [0.3, 0.4) is 0 Å². The van der Waals surface area contributed by atoms with Crippen LogP contribution in [0.4, 0.5) is 0 Å². The molecule has 0 aromatic rings. The van der Waals surface area contributed by atoms with Gasteiger partial charge in [-0.15, -0.1) is 0 Å². The molecule has 0 aliphatic rings. The first-order valence-electron chi connectivity index (χ1n) is 1.68. The van der Waals surface area contributed by atoms with Crippen LogP contribution in [0.1, 0.15) is 0 Å². The summed E-state index contributed by atoms with van der Waals surface area (Å²) in [6, 6.07) is 0. The van der Waals surface area contributed by atoms with Crippen LogP contribution in [0.2, 0.25) is 0 Å². The van der Waals surface area contributed by atoms with Crippen molar-refractivity contribution < 1.29 is 35.0 Å². The van der Waals surface area contributed by atoms with Gasteiger partial charge in [0.25, 0.3) is 0 Å². The predicted molar refractivity (Wildman–Crippen MR) is 36.9 cm³/mol. The van der Waals surface area contributed by atoms with Crippen molar-refractivity contribution in [2.24, 2.45) is 11.7 Å². The Hall–Kier alpha value is 0.192. The molecular formula is H5AlN2O8S2. The fraction of sp³-hybridized carbons (Fsp3) is 0. The summed E-state index contributed by atoms with van der Waals surface area (Å²) in [5.74, 6) is 8.00. The minimum atomic E-state index is -5.17. The van der Waals surface area contributed by atoms with E-state index in [0.29, 0.717) is 0 Å².